The zero-order valence-electron chi connectivity index (χ0n) is 13.7. The van der Waals surface area contributed by atoms with Gasteiger partial charge in [-0.25, -0.2) is 4.68 Å². The molecule has 2 saturated carbocycles. The normalized spacial score (nSPS) is 32.4. The number of aromatic nitrogens is 3. The van der Waals surface area contributed by atoms with Crippen molar-refractivity contribution in [1.29, 1.82) is 0 Å². The highest BCUT2D eigenvalue weighted by molar-refractivity contribution is 7.99. The van der Waals surface area contributed by atoms with Gasteiger partial charge in [0.25, 0.3) is 0 Å². The van der Waals surface area contributed by atoms with Crippen LogP contribution in [0.15, 0.2) is 5.16 Å². The topological polar surface area (TPSA) is 85.8 Å². The zero-order chi connectivity index (χ0) is 16.1. The van der Waals surface area contributed by atoms with Crippen LogP contribution in [-0.2, 0) is 4.79 Å². The molecule has 1 aromatic heterocycles. The number of fused-ring (bicyclic) bond motifs is 2. The van der Waals surface area contributed by atoms with E-state index in [-0.39, 0.29) is 17.4 Å². The molecule has 2 aliphatic rings. The minimum atomic E-state index is 0.0558. The fourth-order valence-electron chi connectivity index (χ4n) is 4.24. The summed E-state index contributed by atoms with van der Waals surface area (Å²) in [4.78, 5) is 12.3. The molecule has 1 aromatic rings. The second kappa shape index (κ2) is 5.15. The number of nitrogen functional groups attached to an aromatic ring is 1. The molecule has 3 rings (SSSR count). The molecular formula is C15H25N5OS. The van der Waals surface area contributed by atoms with Gasteiger partial charge in [0.05, 0.1) is 5.75 Å². The van der Waals surface area contributed by atoms with Crippen molar-refractivity contribution in [3.05, 3.63) is 5.82 Å². The number of aryl methyl sites for hydroxylation is 1. The lowest BCUT2D eigenvalue weighted by Gasteiger charge is -2.39. The van der Waals surface area contributed by atoms with E-state index in [0.717, 1.165) is 12.3 Å². The van der Waals surface area contributed by atoms with Gasteiger partial charge in [0.1, 0.15) is 5.82 Å². The summed E-state index contributed by atoms with van der Waals surface area (Å²) in [6.07, 6.45) is 3.60. The molecule has 2 fully saturated rings. The van der Waals surface area contributed by atoms with Gasteiger partial charge < -0.3 is 11.2 Å². The Kier molecular flexibility index (Phi) is 3.66. The molecule has 1 heterocycles. The molecule has 0 aromatic carbocycles. The Morgan fingerprint density at radius 2 is 2.18 bits per heavy atom. The number of nitrogens with one attached hydrogen (secondary N) is 1. The number of rotatable bonds is 4. The molecule has 0 spiro atoms. The van der Waals surface area contributed by atoms with Gasteiger partial charge in [-0.1, -0.05) is 32.5 Å². The van der Waals surface area contributed by atoms with Crippen molar-refractivity contribution in [2.24, 2.45) is 16.7 Å². The first-order valence-electron chi connectivity index (χ1n) is 7.85. The second-order valence-electron chi connectivity index (χ2n) is 7.42. The van der Waals surface area contributed by atoms with Crippen molar-refractivity contribution in [3.8, 4) is 0 Å². The first-order chi connectivity index (χ1) is 10.3. The summed E-state index contributed by atoms with van der Waals surface area (Å²) >= 11 is 1.33. The van der Waals surface area contributed by atoms with Crippen LogP contribution in [0.2, 0.25) is 0 Å². The van der Waals surface area contributed by atoms with E-state index in [2.05, 4.69) is 36.3 Å². The molecule has 122 valence electrons. The standard InChI is InChI=1S/C15H25N5OS/c1-9-18-19-13(20(9)16)22-8-12(21)17-11-7-10-5-6-15(11,4)14(10,2)3/h10-11H,5-8,16H2,1-4H3,(H,17,21). The predicted octanol–water partition coefficient (Wildman–Crippen LogP) is 1.72. The van der Waals surface area contributed by atoms with E-state index in [1.165, 1.54) is 29.3 Å². The molecule has 0 saturated heterocycles. The molecule has 6 nitrogen and oxygen atoms in total. The quantitative estimate of drug-likeness (QED) is 0.651. The Balaban J connectivity index is 1.58. The van der Waals surface area contributed by atoms with Crippen LogP contribution in [0, 0.1) is 23.7 Å². The van der Waals surface area contributed by atoms with E-state index in [4.69, 9.17) is 5.84 Å². The monoisotopic (exact) mass is 323 g/mol. The van der Waals surface area contributed by atoms with Crippen LogP contribution >= 0.6 is 11.8 Å². The highest BCUT2D eigenvalue weighted by Crippen LogP contribution is 2.65. The van der Waals surface area contributed by atoms with Crippen LogP contribution in [0.1, 0.15) is 45.9 Å². The van der Waals surface area contributed by atoms with E-state index in [1.807, 2.05) is 0 Å². The summed E-state index contributed by atoms with van der Waals surface area (Å²) < 4.78 is 1.42. The van der Waals surface area contributed by atoms with Gasteiger partial charge in [0.15, 0.2) is 0 Å². The molecule has 3 unspecified atom stereocenters. The van der Waals surface area contributed by atoms with Crippen molar-refractivity contribution >= 4 is 17.7 Å². The number of carbonyl (C=O) groups is 1. The third kappa shape index (κ3) is 2.21. The third-order valence-corrected chi connectivity index (χ3v) is 7.24. The number of nitrogens with two attached hydrogens (primary N) is 1. The minimum Gasteiger partial charge on any atom is -0.352 e. The van der Waals surface area contributed by atoms with Crippen LogP contribution in [0.3, 0.4) is 0 Å². The molecular weight excluding hydrogens is 298 g/mol. The zero-order valence-corrected chi connectivity index (χ0v) is 14.5. The largest absolute Gasteiger partial charge is 0.352 e. The maximum Gasteiger partial charge on any atom is 0.230 e. The van der Waals surface area contributed by atoms with E-state index >= 15 is 0 Å². The number of hydrogen-bond acceptors (Lipinski definition) is 5. The summed E-state index contributed by atoms with van der Waals surface area (Å²) in [5.41, 5.74) is 0.523. The minimum absolute atomic E-state index is 0.0558. The Bertz CT molecular complexity index is 599. The van der Waals surface area contributed by atoms with Gasteiger partial charge in [-0.3, -0.25) is 4.79 Å². The second-order valence-corrected chi connectivity index (χ2v) is 8.36. The lowest BCUT2D eigenvalue weighted by Crippen LogP contribution is -2.47. The van der Waals surface area contributed by atoms with Gasteiger partial charge in [0, 0.05) is 6.04 Å². The molecule has 22 heavy (non-hydrogen) atoms. The average molecular weight is 323 g/mol. The van der Waals surface area contributed by atoms with Crippen LogP contribution in [-0.4, -0.2) is 32.6 Å². The van der Waals surface area contributed by atoms with Crippen LogP contribution in [0.25, 0.3) is 0 Å². The van der Waals surface area contributed by atoms with Crippen molar-refractivity contribution in [1.82, 2.24) is 20.2 Å². The summed E-state index contributed by atoms with van der Waals surface area (Å²) in [5, 5.41) is 11.7. The smallest absolute Gasteiger partial charge is 0.230 e. The molecule has 0 aliphatic heterocycles. The highest BCUT2D eigenvalue weighted by Gasteiger charge is 2.61. The van der Waals surface area contributed by atoms with Gasteiger partial charge in [-0.05, 0) is 42.9 Å². The van der Waals surface area contributed by atoms with Gasteiger partial charge in [-0.2, -0.15) is 0 Å². The Morgan fingerprint density at radius 1 is 1.45 bits per heavy atom. The van der Waals surface area contributed by atoms with E-state index in [0.29, 0.717) is 22.1 Å². The highest BCUT2D eigenvalue weighted by atomic mass is 32.2. The Hall–Kier alpha value is -1.24. The first kappa shape index (κ1) is 15.6. The maximum absolute atomic E-state index is 12.3. The summed E-state index contributed by atoms with van der Waals surface area (Å²) in [5.74, 6) is 7.55. The average Bonchev–Trinajstić information content (AvgIpc) is 2.95. The predicted molar refractivity (Wildman–Crippen MR) is 86.8 cm³/mol. The SMILES string of the molecule is Cc1nnc(SCC(=O)NC2CC3CCC2(C)C3(C)C)n1N. The summed E-state index contributed by atoms with van der Waals surface area (Å²) in [7, 11) is 0. The molecule has 2 aliphatic carbocycles. The van der Waals surface area contributed by atoms with Gasteiger partial charge in [-0.15, -0.1) is 10.2 Å². The fraction of sp³-hybridized carbons (Fsp3) is 0.800. The van der Waals surface area contributed by atoms with E-state index < -0.39 is 0 Å². The lowest BCUT2D eigenvalue weighted by atomic mass is 9.69. The van der Waals surface area contributed by atoms with Gasteiger partial charge >= 0.3 is 0 Å². The fourth-order valence-corrected chi connectivity index (χ4v) is 4.95. The molecule has 0 radical (unpaired) electrons. The molecule has 3 atom stereocenters. The van der Waals surface area contributed by atoms with Crippen molar-refractivity contribution in [2.75, 3.05) is 11.6 Å². The molecule has 2 bridgehead atoms. The number of thioether (sulfide) groups is 1. The van der Waals surface area contributed by atoms with Crippen molar-refractivity contribution in [2.45, 2.75) is 58.2 Å². The van der Waals surface area contributed by atoms with E-state index in [9.17, 15) is 4.79 Å². The maximum atomic E-state index is 12.3. The number of nitrogens with zero attached hydrogens (tertiary/aromatic N) is 3. The Labute approximate surface area is 135 Å². The van der Waals surface area contributed by atoms with Crippen LogP contribution in [0.5, 0.6) is 0 Å². The third-order valence-electron chi connectivity index (χ3n) is 6.30. The molecule has 7 heteroatoms. The summed E-state index contributed by atoms with van der Waals surface area (Å²) in [6, 6.07) is 0.284. The lowest BCUT2D eigenvalue weighted by molar-refractivity contribution is -0.120. The molecule has 1 amide bonds. The number of carbonyl (C=O) groups excluding carboxylic acids is 1. The van der Waals surface area contributed by atoms with E-state index in [1.54, 1.807) is 6.92 Å². The molecule has 3 N–H and O–H groups in total. The summed E-state index contributed by atoms with van der Waals surface area (Å²) in [6.45, 7) is 8.82. The Morgan fingerprint density at radius 3 is 2.68 bits per heavy atom. The van der Waals surface area contributed by atoms with Crippen molar-refractivity contribution in [3.63, 3.8) is 0 Å². The number of hydrogen-bond donors (Lipinski definition) is 2. The van der Waals surface area contributed by atoms with Gasteiger partial charge in [0.2, 0.25) is 11.1 Å². The van der Waals surface area contributed by atoms with Crippen LogP contribution < -0.4 is 11.2 Å². The van der Waals surface area contributed by atoms with Crippen LogP contribution in [0.4, 0.5) is 0 Å². The number of amides is 1. The van der Waals surface area contributed by atoms with Crippen molar-refractivity contribution < 1.29 is 4.79 Å². The first-order valence-corrected chi connectivity index (χ1v) is 8.83.